The van der Waals surface area contributed by atoms with Gasteiger partial charge in [0.1, 0.15) is 0 Å². The van der Waals surface area contributed by atoms with Crippen LogP contribution in [0.2, 0.25) is 0 Å². The summed E-state index contributed by atoms with van der Waals surface area (Å²) in [5, 5.41) is 0. The van der Waals surface area contributed by atoms with E-state index in [0.717, 1.165) is 38.9 Å². The van der Waals surface area contributed by atoms with Crippen LogP contribution in [0, 0.1) is 0 Å². The zero-order valence-electron chi connectivity index (χ0n) is 10.8. The van der Waals surface area contributed by atoms with E-state index in [9.17, 15) is 0 Å². The summed E-state index contributed by atoms with van der Waals surface area (Å²) in [7, 11) is 0. The lowest BCUT2D eigenvalue weighted by Crippen LogP contribution is -1.91. The Kier molecular flexibility index (Phi) is 13.3. The maximum absolute atomic E-state index is 5.31. The molecule has 0 amide bonds. The molecule has 2 heteroatoms. The maximum Gasteiger partial charge on any atom is 0.0873 e. The second-order valence-corrected chi connectivity index (χ2v) is 3.72. The van der Waals surface area contributed by atoms with Crippen molar-refractivity contribution in [1.29, 1.82) is 0 Å². The fourth-order valence-corrected chi connectivity index (χ4v) is 1.19. The largest absolute Gasteiger partial charge is 0.502 e. The van der Waals surface area contributed by atoms with E-state index in [1.165, 1.54) is 12.8 Å². The van der Waals surface area contributed by atoms with Gasteiger partial charge in [0, 0.05) is 0 Å². The third-order valence-corrected chi connectivity index (χ3v) is 2.13. The molecule has 0 aliphatic rings. The fourth-order valence-electron chi connectivity index (χ4n) is 1.19. The number of allylic oxidation sites excluding steroid dienone is 2. The maximum atomic E-state index is 5.31. The molecule has 0 saturated carbocycles. The summed E-state index contributed by atoms with van der Waals surface area (Å²) in [4.78, 5) is 0. The highest BCUT2D eigenvalue weighted by molar-refractivity contribution is 4.70. The Morgan fingerprint density at radius 2 is 1.12 bits per heavy atom. The van der Waals surface area contributed by atoms with Crippen molar-refractivity contribution in [2.24, 2.45) is 0 Å². The molecule has 0 aliphatic carbocycles. The molecule has 0 spiro atoms. The molecule has 0 aromatic rings. The predicted molar refractivity (Wildman–Crippen MR) is 69.2 cm³/mol. The summed E-state index contributed by atoms with van der Waals surface area (Å²) >= 11 is 0. The van der Waals surface area contributed by atoms with Crippen molar-refractivity contribution < 1.29 is 9.47 Å². The van der Waals surface area contributed by atoms with Gasteiger partial charge in [-0.05, 0) is 38.5 Å². The van der Waals surface area contributed by atoms with Crippen LogP contribution in [-0.2, 0) is 9.47 Å². The SMILES string of the molecule is CCC=COCCCCCCOC=CCC. The number of hydrogen-bond acceptors (Lipinski definition) is 2. The summed E-state index contributed by atoms with van der Waals surface area (Å²) < 4.78 is 10.6. The summed E-state index contributed by atoms with van der Waals surface area (Å²) in [6, 6.07) is 0. The van der Waals surface area contributed by atoms with E-state index >= 15 is 0 Å². The number of ether oxygens (including phenoxy) is 2. The van der Waals surface area contributed by atoms with Gasteiger partial charge < -0.3 is 9.47 Å². The molecule has 0 aromatic carbocycles. The van der Waals surface area contributed by atoms with E-state index < -0.39 is 0 Å². The molecule has 0 rings (SSSR count). The van der Waals surface area contributed by atoms with Crippen LogP contribution in [0.3, 0.4) is 0 Å². The fraction of sp³-hybridized carbons (Fsp3) is 0.714. The lowest BCUT2D eigenvalue weighted by atomic mass is 10.2. The molecule has 0 aliphatic heterocycles. The van der Waals surface area contributed by atoms with E-state index in [2.05, 4.69) is 13.8 Å². The topological polar surface area (TPSA) is 18.5 Å². The van der Waals surface area contributed by atoms with Gasteiger partial charge in [-0.15, -0.1) is 0 Å². The molecule has 0 atom stereocenters. The van der Waals surface area contributed by atoms with Crippen LogP contribution >= 0.6 is 0 Å². The minimum absolute atomic E-state index is 0.840. The molecule has 0 bridgehead atoms. The summed E-state index contributed by atoms with van der Waals surface area (Å²) in [5.41, 5.74) is 0. The first kappa shape index (κ1) is 15.1. The molecule has 0 saturated heterocycles. The third kappa shape index (κ3) is 13.1. The van der Waals surface area contributed by atoms with Gasteiger partial charge in [-0.2, -0.15) is 0 Å². The van der Waals surface area contributed by atoms with Gasteiger partial charge in [0.15, 0.2) is 0 Å². The zero-order chi connectivity index (χ0) is 11.9. The highest BCUT2D eigenvalue weighted by Gasteiger charge is 1.89. The molecule has 0 aromatic heterocycles. The monoisotopic (exact) mass is 226 g/mol. The van der Waals surface area contributed by atoms with Crippen LogP contribution in [-0.4, -0.2) is 13.2 Å². The lowest BCUT2D eigenvalue weighted by molar-refractivity contribution is 0.226. The van der Waals surface area contributed by atoms with E-state index in [1.54, 1.807) is 12.5 Å². The van der Waals surface area contributed by atoms with Crippen molar-refractivity contribution in [3.8, 4) is 0 Å². The van der Waals surface area contributed by atoms with Gasteiger partial charge in [-0.25, -0.2) is 0 Å². The van der Waals surface area contributed by atoms with Gasteiger partial charge in [-0.1, -0.05) is 26.0 Å². The standard InChI is InChI=1S/C14H26O2/c1-3-5-11-15-13-9-7-8-10-14-16-12-6-4-2/h5-6,11-12H,3-4,7-10,13-14H2,1-2H3. The Bertz CT molecular complexity index is 154. The van der Waals surface area contributed by atoms with Crippen molar-refractivity contribution in [3.05, 3.63) is 24.7 Å². The van der Waals surface area contributed by atoms with Gasteiger partial charge in [-0.3, -0.25) is 0 Å². The summed E-state index contributed by atoms with van der Waals surface area (Å²) in [6.45, 7) is 5.89. The Hall–Kier alpha value is -0.920. The molecule has 0 unspecified atom stereocenters. The van der Waals surface area contributed by atoms with Crippen molar-refractivity contribution >= 4 is 0 Å². The first-order valence-corrected chi connectivity index (χ1v) is 6.45. The van der Waals surface area contributed by atoms with E-state index in [4.69, 9.17) is 9.47 Å². The van der Waals surface area contributed by atoms with Crippen molar-refractivity contribution in [2.75, 3.05) is 13.2 Å². The zero-order valence-corrected chi connectivity index (χ0v) is 10.8. The Morgan fingerprint density at radius 1 is 0.688 bits per heavy atom. The normalized spacial score (nSPS) is 11.4. The van der Waals surface area contributed by atoms with E-state index in [-0.39, 0.29) is 0 Å². The summed E-state index contributed by atoms with van der Waals surface area (Å²) in [6.07, 6.45) is 14.5. The van der Waals surface area contributed by atoms with Crippen LogP contribution in [0.4, 0.5) is 0 Å². The number of unbranched alkanes of at least 4 members (excludes halogenated alkanes) is 3. The molecule has 0 fully saturated rings. The average molecular weight is 226 g/mol. The van der Waals surface area contributed by atoms with Crippen LogP contribution in [0.1, 0.15) is 52.4 Å². The molecule has 2 nitrogen and oxygen atoms in total. The highest BCUT2D eigenvalue weighted by atomic mass is 16.5. The molecular weight excluding hydrogens is 200 g/mol. The molecular formula is C14H26O2. The highest BCUT2D eigenvalue weighted by Crippen LogP contribution is 2.01. The first-order valence-electron chi connectivity index (χ1n) is 6.45. The van der Waals surface area contributed by atoms with E-state index in [0.29, 0.717) is 0 Å². The molecule has 0 N–H and O–H groups in total. The van der Waals surface area contributed by atoms with Gasteiger partial charge >= 0.3 is 0 Å². The Balaban J connectivity index is 2.98. The van der Waals surface area contributed by atoms with Crippen molar-refractivity contribution in [1.82, 2.24) is 0 Å². The molecule has 0 heterocycles. The second kappa shape index (κ2) is 14.1. The third-order valence-electron chi connectivity index (χ3n) is 2.13. The van der Waals surface area contributed by atoms with Gasteiger partial charge in [0.25, 0.3) is 0 Å². The average Bonchev–Trinajstić information content (AvgIpc) is 2.31. The van der Waals surface area contributed by atoms with E-state index in [1.807, 2.05) is 12.2 Å². The predicted octanol–water partition coefficient (Wildman–Crippen LogP) is 4.43. The van der Waals surface area contributed by atoms with Crippen LogP contribution in [0.15, 0.2) is 24.7 Å². The molecule has 94 valence electrons. The molecule has 16 heavy (non-hydrogen) atoms. The quantitative estimate of drug-likeness (QED) is 0.383. The van der Waals surface area contributed by atoms with Crippen LogP contribution in [0.5, 0.6) is 0 Å². The Labute approximate surface area is 100 Å². The van der Waals surface area contributed by atoms with Crippen molar-refractivity contribution in [2.45, 2.75) is 52.4 Å². The van der Waals surface area contributed by atoms with Gasteiger partial charge in [0.05, 0.1) is 25.7 Å². The smallest absolute Gasteiger partial charge is 0.0873 e. The van der Waals surface area contributed by atoms with Gasteiger partial charge in [0.2, 0.25) is 0 Å². The number of rotatable bonds is 11. The van der Waals surface area contributed by atoms with Crippen LogP contribution in [0.25, 0.3) is 0 Å². The minimum Gasteiger partial charge on any atom is -0.502 e. The lowest BCUT2D eigenvalue weighted by Gasteiger charge is -2.02. The molecule has 0 radical (unpaired) electrons. The first-order chi connectivity index (χ1) is 7.91. The minimum atomic E-state index is 0.840. The number of hydrogen-bond donors (Lipinski definition) is 0. The summed E-state index contributed by atoms with van der Waals surface area (Å²) in [5.74, 6) is 0. The van der Waals surface area contributed by atoms with Crippen LogP contribution < -0.4 is 0 Å². The second-order valence-electron chi connectivity index (χ2n) is 3.72. The van der Waals surface area contributed by atoms with Crippen molar-refractivity contribution in [3.63, 3.8) is 0 Å². The Morgan fingerprint density at radius 3 is 1.50 bits per heavy atom.